The van der Waals surface area contributed by atoms with Crippen LogP contribution < -0.4 is 0 Å². The van der Waals surface area contributed by atoms with Gasteiger partial charge in [-0.15, -0.1) is 0 Å². The third kappa shape index (κ3) is 3.18. The zero-order chi connectivity index (χ0) is 10.3. The molecular weight excluding hydrogens is 225 g/mol. The molecule has 0 aliphatic carbocycles. The molecule has 0 amide bonds. The maximum absolute atomic E-state index is 12.1. The first-order valence-electron chi connectivity index (χ1n) is 3.26. The quantitative estimate of drug-likeness (QED) is 0.454. The van der Waals surface area contributed by atoms with E-state index in [-0.39, 0.29) is 13.1 Å². The van der Waals surface area contributed by atoms with E-state index in [4.69, 9.17) is 0 Å². The first kappa shape index (κ1) is 10.8. The Balaban J connectivity index is 2.44. The Morgan fingerprint density at radius 1 is 1.31 bits per heavy atom. The van der Waals surface area contributed by atoms with Crippen LogP contribution in [0.5, 0.6) is 0 Å². The molecule has 0 aromatic rings. The highest BCUT2D eigenvalue weighted by atomic mass is 32.3. The average Bonchev–Trinajstić information content (AvgIpc) is 1.71. The number of rotatable bonds is 3. The predicted molar refractivity (Wildman–Crippen MR) is 41.3 cm³/mol. The van der Waals surface area contributed by atoms with Gasteiger partial charge in [0.2, 0.25) is 0 Å². The van der Waals surface area contributed by atoms with Gasteiger partial charge in [-0.25, -0.2) is 0 Å². The Morgan fingerprint density at radius 3 is 2.08 bits per heavy atom. The van der Waals surface area contributed by atoms with Crippen LogP contribution in [0.4, 0.5) is 3.89 Å². The van der Waals surface area contributed by atoms with Gasteiger partial charge in [-0.05, 0) is 0 Å². The van der Waals surface area contributed by atoms with Crippen LogP contribution in [0.2, 0.25) is 0 Å². The molecule has 0 N–H and O–H groups in total. The summed E-state index contributed by atoms with van der Waals surface area (Å²) in [6.07, 6.45) is 0.0834. The van der Waals surface area contributed by atoms with E-state index < -0.39 is 26.6 Å². The van der Waals surface area contributed by atoms with Crippen LogP contribution >= 0.6 is 0 Å². The molecule has 1 saturated heterocycles. The summed E-state index contributed by atoms with van der Waals surface area (Å²) in [5, 5.41) is 0. The van der Waals surface area contributed by atoms with E-state index in [9.17, 15) is 20.7 Å². The van der Waals surface area contributed by atoms with E-state index in [2.05, 4.69) is 4.18 Å². The van der Waals surface area contributed by atoms with Crippen LogP contribution in [0.1, 0.15) is 0 Å². The number of nitrogens with zero attached hydrogens (tertiary/aromatic N) is 1. The molecule has 0 aromatic carbocycles. The summed E-state index contributed by atoms with van der Waals surface area (Å²) in [6, 6.07) is 0. The van der Waals surface area contributed by atoms with Gasteiger partial charge in [0.1, 0.15) is 6.10 Å². The van der Waals surface area contributed by atoms with E-state index in [0.717, 1.165) is 6.26 Å². The van der Waals surface area contributed by atoms with Crippen molar-refractivity contribution in [3.05, 3.63) is 0 Å². The summed E-state index contributed by atoms with van der Waals surface area (Å²) < 4.78 is 58.4. The highest BCUT2D eigenvalue weighted by Gasteiger charge is 2.38. The van der Waals surface area contributed by atoms with Crippen molar-refractivity contribution in [1.29, 1.82) is 0 Å². The predicted octanol–water partition coefficient (Wildman–Crippen LogP) is -1.14. The Bertz CT molecular complexity index is 381. The maximum atomic E-state index is 12.1. The molecule has 0 radical (unpaired) electrons. The SMILES string of the molecule is CS(=O)(=O)OC1CN(S(=O)(=O)F)C1. The first-order valence-corrected chi connectivity index (χ1v) is 6.42. The van der Waals surface area contributed by atoms with Crippen molar-refractivity contribution in [2.24, 2.45) is 0 Å². The summed E-state index contributed by atoms with van der Waals surface area (Å²) >= 11 is 0. The molecule has 1 aliphatic heterocycles. The van der Waals surface area contributed by atoms with Crippen LogP contribution in [-0.2, 0) is 24.7 Å². The van der Waals surface area contributed by atoms with Crippen molar-refractivity contribution in [2.75, 3.05) is 19.3 Å². The van der Waals surface area contributed by atoms with Crippen molar-refractivity contribution in [1.82, 2.24) is 4.31 Å². The van der Waals surface area contributed by atoms with E-state index in [1.165, 1.54) is 0 Å². The van der Waals surface area contributed by atoms with E-state index in [0.29, 0.717) is 4.31 Å². The smallest absolute Gasteiger partial charge is 0.264 e. The van der Waals surface area contributed by atoms with E-state index >= 15 is 0 Å². The minimum atomic E-state index is -4.70. The van der Waals surface area contributed by atoms with Gasteiger partial charge in [0.25, 0.3) is 10.1 Å². The molecule has 0 atom stereocenters. The normalized spacial score (nSPS) is 21.4. The first-order chi connectivity index (χ1) is 5.68. The summed E-state index contributed by atoms with van der Waals surface area (Å²) in [5.74, 6) is 0. The Morgan fingerprint density at radius 2 is 1.77 bits per heavy atom. The van der Waals surface area contributed by atoms with Crippen molar-refractivity contribution >= 4 is 20.5 Å². The van der Waals surface area contributed by atoms with Crippen molar-refractivity contribution in [3.63, 3.8) is 0 Å². The van der Waals surface area contributed by atoms with Crippen molar-refractivity contribution in [2.45, 2.75) is 6.10 Å². The zero-order valence-corrected chi connectivity index (χ0v) is 8.31. The fraction of sp³-hybridized carbons (Fsp3) is 1.00. The molecular formula is C4H8FNO5S2. The van der Waals surface area contributed by atoms with Crippen LogP contribution in [0, 0.1) is 0 Å². The molecule has 0 aromatic heterocycles. The standard InChI is InChI=1S/C4H8FNO5S2/c1-12(7,8)11-4-2-6(3-4)13(5,9)10/h4H,2-3H2,1H3. The van der Waals surface area contributed by atoms with Crippen molar-refractivity contribution < 1.29 is 24.9 Å². The monoisotopic (exact) mass is 233 g/mol. The lowest BCUT2D eigenvalue weighted by Gasteiger charge is -2.33. The number of hydrogen-bond donors (Lipinski definition) is 0. The Hall–Kier alpha value is -0.250. The minimum Gasteiger partial charge on any atom is -0.264 e. The lowest BCUT2D eigenvalue weighted by Crippen LogP contribution is -2.53. The topological polar surface area (TPSA) is 80.8 Å². The lowest BCUT2D eigenvalue weighted by molar-refractivity contribution is 0.0794. The van der Waals surface area contributed by atoms with Gasteiger partial charge in [-0.3, -0.25) is 4.18 Å². The molecule has 78 valence electrons. The fourth-order valence-corrected chi connectivity index (χ4v) is 2.19. The Kier molecular flexibility index (Phi) is 2.63. The molecule has 6 nitrogen and oxygen atoms in total. The van der Waals surface area contributed by atoms with Gasteiger partial charge < -0.3 is 0 Å². The third-order valence-corrected chi connectivity index (χ3v) is 2.97. The second-order valence-corrected chi connectivity index (χ2v) is 5.62. The molecule has 13 heavy (non-hydrogen) atoms. The highest BCUT2D eigenvalue weighted by Crippen LogP contribution is 2.18. The van der Waals surface area contributed by atoms with Gasteiger partial charge in [0.05, 0.1) is 6.26 Å². The number of hydrogen-bond acceptors (Lipinski definition) is 5. The summed E-state index contributed by atoms with van der Waals surface area (Å²) in [7, 11) is -8.29. The van der Waals surface area contributed by atoms with Gasteiger partial charge >= 0.3 is 10.4 Å². The molecule has 9 heteroatoms. The molecule has 1 heterocycles. The van der Waals surface area contributed by atoms with Crippen LogP contribution in [0.25, 0.3) is 0 Å². The molecule has 1 aliphatic rings. The maximum Gasteiger partial charge on any atom is 0.374 e. The van der Waals surface area contributed by atoms with Gasteiger partial charge in [0.15, 0.2) is 0 Å². The second kappa shape index (κ2) is 3.15. The average molecular weight is 233 g/mol. The van der Waals surface area contributed by atoms with Crippen LogP contribution in [-0.4, -0.2) is 46.6 Å². The molecule has 0 saturated carbocycles. The van der Waals surface area contributed by atoms with Gasteiger partial charge in [0, 0.05) is 13.1 Å². The van der Waals surface area contributed by atoms with Crippen LogP contribution in [0.3, 0.4) is 0 Å². The van der Waals surface area contributed by atoms with E-state index in [1.807, 2.05) is 0 Å². The fourth-order valence-electron chi connectivity index (χ4n) is 0.887. The minimum absolute atomic E-state index is 0.258. The second-order valence-electron chi connectivity index (χ2n) is 2.68. The van der Waals surface area contributed by atoms with Crippen molar-refractivity contribution in [3.8, 4) is 0 Å². The lowest BCUT2D eigenvalue weighted by atomic mass is 10.2. The Labute approximate surface area is 75.8 Å². The van der Waals surface area contributed by atoms with Gasteiger partial charge in [-0.2, -0.15) is 21.1 Å². The number of halogens is 1. The molecule has 1 rings (SSSR count). The third-order valence-electron chi connectivity index (χ3n) is 1.43. The summed E-state index contributed by atoms with van der Waals surface area (Å²) in [6.45, 7) is -0.516. The summed E-state index contributed by atoms with van der Waals surface area (Å²) in [4.78, 5) is 0. The molecule has 0 bridgehead atoms. The summed E-state index contributed by atoms with van der Waals surface area (Å²) in [5.41, 5.74) is 0. The molecule has 0 unspecified atom stereocenters. The molecule has 1 fully saturated rings. The zero-order valence-electron chi connectivity index (χ0n) is 6.67. The van der Waals surface area contributed by atoms with E-state index in [1.54, 1.807) is 0 Å². The van der Waals surface area contributed by atoms with Gasteiger partial charge in [-0.1, -0.05) is 3.89 Å². The largest absolute Gasteiger partial charge is 0.374 e. The highest BCUT2D eigenvalue weighted by molar-refractivity contribution is 7.86. The molecule has 0 spiro atoms. The van der Waals surface area contributed by atoms with Crippen LogP contribution in [0.15, 0.2) is 0 Å².